The van der Waals surface area contributed by atoms with Gasteiger partial charge in [0.15, 0.2) is 6.61 Å². The highest BCUT2D eigenvalue weighted by molar-refractivity contribution is 7.20. The van der Waals surface area contributed by atoms with Crippen molar-refractivity contribution in [2.75, 3.05) is 13.2 Å². The topological polar surface area (TPSA) is 64.4 Å². The summed E-state index contributed by atoms with van der Waals surface area (Å²) in [6.45, 7) is 4.34. The number of aryl methyl sites for hydroxylation is 1. The molecule has 6 nitrogen and oxygen atoms in total. The fourth-order valence-corrected chi connectivity index (χ4v) is 4.73. The van der Waals surface area contributed by atoms with Gasteiger partial charge in [-0.05, 0) is 63.4 Å². The zero-order chi connectivity index (χ0) is 20.5. The zero-order valence-corrected chi connectivity index (χ0v) is 17.2. The van der Waals surface area contributed by atoms with Gasteiger partial charge in [0.05, 0.1) is 11.4 Å². The van der Waals surface area contributed by atoms with Gasteiger partial charge in [-0.1, -0.05) is 0 Å². The molecule has 1 atom stereocenters. The molecule has 1 saturated heterocycles. The van der Waals surface area contributed by atoms with E-state index in [0.29, 0.717) is 17.1 Å². The van der Waals surface area contributed by atoms with E-state index in [9.17, 15) is 14.0 Å². The molecule has 1 amide bonds. The highest BCUT2D eigenvalue weighted by Gasteiger charge is 2.25. The maximum absolute atomic E-state index is 13.2. The first-order valence-corrected chi connectivity index (χ1v) is 10.5. The number of carbonyl (C=O) groups is 2. The molecule has 0 radical (unpaired) electrons. The summed E-state index contributed by atoms with van der Waals surface area (Å²) in [5, 5.41) is 5.32. The number of carbonyl (C=O) groups excluding carboxylic acids is 2. The van der Waals surface area contributed by atoms with Gasteiger partial charge >= 0.3 is 5.97 Å². The van der Waals surface area contributed by atoms with Gasteiger partial charge in [0, 0.05) is 18.0 Å². The number of esters is 1. The summed E-state index contributed by atoms with van der Waals surface area (Å²) < 4.78 is 20.2. The quantitative estimate of drug-likeness (QED) is 0.602. The monoisotopic (exact) mass is 415 g/mol. The van der Waals surface area contributed by atoms with Crippen LogP contribution in [-0.4, -0.2) is 45.8 Å². The highest BCUT2D eigenvalue weighted by atomic mass is 32.1. The molecule has 29 heavy (non-hydrogen) atoms. The van der Waals surface area contributed by atoms with Crippen molar-refractivity contribution in [2.24, 2.45) is 0 Å². The number of nitrogens with zero attached hydrogens (tertiary/aromatic N) is 3. The minimum atomic E-state index is -0.519. The van der Waals surface area contributed by atoms with Gasteiger partial charge in [-0.3, -0.25) is 4.79 Å². The summed E-state index contributed by atoms with van der Waals surface area (Å²) in [7, 11) is 0. The number of fused-ring (bicyclic) bond motifs is 1. The summed E-state index contributed by atoms with van der Waals surface area (Å²) in [6, 6.07) is 7.93. The molecule has 0 aliphatic carbocycles. The summed E-state index contributed by atoms with van der Waals surface area (Å²) in [5.41, 5.74) is 1.47. The van der Waals surface area contributed by atoms with Crippen LogP contribution in [0.15, 0.2) is 30.3 Å². The van der Waals surface area contributed by atoms with Crippen LogP contribution in [0.25, 0.3) is 15.9 Å². The lowest BCUT2D eigenvalue weighted by Crippen LogP contribution is -2.44. The predicted octanol–water partition coefficient (Wildman–Crippen LogP) is 4.09. The van der Waals surface area contributed by atoms with Crippen LogP contribution in [0.1, 0.15) is 41.6 Å². The lowest BCUT2D eigenvalue weighted by molar-refractivity contribution is -0.137. The Morgan fingerprint density at radius 3 is 2.76 bits per heavy atom. The third-order valence-electron chi connectivity index (χ3n) is 5.27. The van der Waals surface area contributed by atoms with Crippen molar-refractivity contribution < 1.29 is 18.7 Å². The largest absolute Gasteiger partial charge is 0.451 e. The number of thiophene rings is 1. The first kappa shape index (κ1) is 19.6. The number of hydrogen-bond acceptors (Lipinski definition) is 5. The molecule has 1 aromatic carbocycles. The van der Waals surface area contributed by atoms with E-state index in [1.165, 1.54) is 23.5 Å². The van der Waals surface area contributed by atoms with E-state index in [1.807, 2.05) is 13.8 Å². The van der Waals surface area contributed by atoms with Crippen LogP contribution in [0.2, 0.25) is 0 Å². The molecule has 0 saturated carbocycles. The van der Waals surface area contributed by atoms with Gasteiger partial charge in [0.2, 0.25) is 0 Å². The minimum Gasteiger partial charge on any atom is -0.451 e. The van der Waals surface area contributed by atoms with Crippen molar-refractivity contribution in [2.45, 2.75) is 39.2 Å². The van der Waals surface area contributed by atoms with Crippen LogP contribution < -0.4 is 0 Å². The Kier molecular flexibility index (Phi) is 5.36. The van der Waals surface area contributed by atoms with Crippen LogP contribution in [-0.2, 0) is 9.53 Å². The van der Waals surface area contributed by atoms with E-state index in [4.69, 9.17) is 4.74 Å². The van der Waals surface area contributed by atoms with E-state index < -0.39 is 5.97 Å². The third-order valence-corrected chi connectivity index (χ3v) is 6.36. The highest BCUT2D eigenvalue weighted by Crippen LogP contribution is 2.31. The van der Waals surface area contributed by atoms with Crippen LogP contribution >= 0.6 is 11.3 Å². The normalized spacial score (nSPS) is 16.9. The summed E-state index contributed by atoms with van der Waals surface area (Å²) in [6.07, 6.45) is 3.09. The van der Waals surface area contributed by atoms with Gasteiger partial charge in [0.1, 0.15) is 15.5 Å². The molecule has 1 unspecified atom stereocenters. The van der Waals surface area contributed by atoms with E-state index in [-0.39, 0.29) is 24.4 Å². The van der Waals surface area contributed by atoms with Crippen molar-refractivity contribution in [3.05, 3.63) is 46.7 Å². The van der Waals surface area contributed by atoms with Crippen molar-refractivity contribution in [1.29, 1.82) is 0 Å². The van der Waals surface area contributed by atoms with Gasteiger partial charge in [0.25, 0.3) is 5.91 Å². The lowest BCUT2D eigenvalue weighted by Gasteiger charge is -2.33. The number of ether oxygens (including phenoxy) is 1. The van der Waals surface area contributed by atoms with Crippen LogP contribution in [0.3, 0.4) is 0 Å². The second-order valence-electron chi connectivity index (χ2n) is 7.31. The standard InChI is InChI=1S/C21H22FN3O3S/c1-13-5-3-4-10-24(13)19(26)12-28-21(27)18-11-17-14(2)23-25(20(17)29-18)16-8-6-15(22)7-9-16/h6-9,11,13H,3-5,10,12H2,1-2H3. The molecule has 3 aromatic rings. The Balaban J connectivity index is 1.50. The van der Waals surface area contributed by atoms with Crippen molar-refractivity contribution in [1.82, 2.24) is 14.7 Å². The molecule has 152 valence electrons. The van der Waals surface area contributed by atoms with Crippen molar-refractivity contribution in [3.8, 4) is 5.69 Å². The Bertz CT molecular complexity index is 1060. The van der Waals surface area contributed by atoms with E-state index in [0.717, 1.165) is 35.2 Å². The van der Waals surface area contributed by atoms with Crippen LogP contribution in [0, 0.1) is 12.7 Å². The van der Waals surface area contributed by atoms with Crippen LogP contribution in [0.5, 0.6) is 0 Å². The number of likely N-dealkylation sites (tertiary alicyclic amines) is 1. The van der Waals surface area contributed by atoms with Gasteiger partial charge in [-0.25, -0.2) is 13.9 Å². The van der Waals surface area contributed by atoms with Crippen molar-refractivity contribution >= 4 is 33.4 Å². The molecule has 8 heteroatoms. The first-order valence-electron chi connectivity index (χ1n) is 9.66. The molecule has 4 rings (SSSR count). The molecule has 1 aliphatic rings. The SMILES string of the molecule is Cc1nn(-c2ccc(F)cc2)c2sc(C(=O)OCC(=O)N3CCCCC3C)cc12. The molecule has 1 aliphatic heterocycles. The summed E-state index contributed by atoms with van der Waals surface area (Å²) in [4.78, 5) is 27.9. The minimum absolute atomic E-state index is 0.152. The third kappa shape index (κ3) is 3.89. The smallest absolute Gasteiger partial charge is 0.348 e. The average molecular weight is 415 g/mol. The van der Waals surface area contributed by atoms with Gasteiger partial charge in [-0.15, -0.1) is 11.3 Å². The van der Waals surface area contributed by atoms with E-state index in [2.05, 4.69) is 5.10 Å². The Labute approximate surface area is 171 Å². The Morgan fingerprint density at radius 2 is 2.03 bits per heavy atom. The summed E-state index contributed by atoms with van der Waals surface area (Å²) >= 11 is 1.25. The molecule has 0 N–H and O–H groups in total. The molecule has 1 fully saturated rings. The zero-order valence-electron chi connectivity index (χ0n) is 16.4. The number of rotatable bonds is 4. The molecule has 0 bridgehead atoms. The molecule has 0 spiro atoms. The fourth-order valence-electron chi connectivity index (χ4n) is 3.66. The maximum Gasteiger partial charge on any atom is 0.348 e. The number of halogens is 1. The van der Waals surface area contributed by atoms with Crippen LogP contribution in [0.4, 0.5) is 4.39 Å². The number of hydrogen-bond donors (Lipinski definition) is 0. The first-order chi connectivity index (χ1) is 13.9. The maximum atomic E-state index is 13.2. The number of benzene rings is 1. The van der Waals surface area contributed by atoms with Crippen molar-refractivity contribution in [3.63, 3.8) is 0 Å². The number of piperidine rings is 1. The Hall–Kier alpha value is -2.74. The number of amides is 1. The summed E-state index contributed by atoms with van der Waals surface area (Å²) in [5.74, 6) is -0.994. The Morgan fingerprint density at radius 1 is 1.28 bits per heavy atom. The molecule has 2 aromatic heterocycles. The molecular weight excluding hydrogens is 393 g/mol. The second kappa shape index (κ2) is 7.94. The fraction of sp³-hybridized carbons (Fsp3) is 0.381. The lowest BCUT2D eigenvalue weighted by atomic mass is 10.0. The molecular formula is C21H22FN3O3S. The molecule has 3 heterocycles. The van der Waals surface area contributed by atoms with Gasteiger partial charge in [-0.2, -0.15) is 5.10 Å². The van der Waals surface area contributed by atoms with Gasteiger partial charge < -0.3 is 9.64 Å². The second-order valence-corrected chi connectivity index (χ2v) is 8.34. The predicted molar refractivity (Wildman–Crippen MR) is 109 cm³/mol. The number of aromatic nitrogens is 2. The van der Waals surface area contributed by atoms with E-state index in [1.54, 1.807) is 27.8 Å². The van der Waals surface area contributed by atoms with E-state index >= 15 is 0 Å². The average Bonchev–Trinajstić information content (AvgIpc) is 3.28.